The molecule has 0 bridgehead atoms. The summed E-state index contributed by atoms with van der Waals surface area (Å²) in [5.41, 5.74) is 2.57. The van der Waals surface area contributed by atoms with Gasteiger partial charge in [0, 0.05) is 30.1 Å². The number of rotatable bonds is 4. The number of fused-ring (bicyclic) bond motifs is 1. The van der Waals surface area contributed by atoms with E-state index in [0.717, 1.165) is 13.0 Å². The molecule has 0 amide bonds. The van der Waals surface area contributed by atoms with Gasteiger partial charge in [0.05, 0.1) is 0 Å². The molecule has 1 heterocycles. The van der Waals surface area contributed by atoms with Gasteiger partial charge in [-0.15, -0.1) is 0 Å². The zero-order valence-corrected chi connectivity index (χ0v) is 9.86. The molecule has 2 heteroatoms. The summed E-state index contributed by atoms with van der Waals surface area (Å²) in [4.78, 5) is 10.9. The Morgan fingerprint density at radius 3 is 2.81 bits per heavy atom. The number of benzene rings is 1. The monoisotopic (exact) mass is 215 g/mol. The minimum absolute atomic E-state index is 0.271. The maximum atomic E-state index is 10.9. The molecule has 0 aliphatic heterocycles. The fourth-order valence-electron chi connectivity index (χ4n) is 2.11. The third-order valence-corrected chi connectivity index (χ3v) is 2.92. The second-order valence-electron chi connectivity index (χ2n) is 4.33. The van der Waals surface area contributed by atoms with Crippen LogP contribution in [0.2, 0.25) is 0 Å². The molecular weight excluding hydrogens is 198 g/mol. The highest BCUT2D eigenvalue weighted by atomic mass is 16.1. The molecule has 0 fully saturated rings. The van der Waals surface area contributed by atoms with Crippen LogP contribution in [0.5, 0.6) is 0 Å². The molecule has 2 rings (SSSR count). The number of nitrogens with zero attached hydrogens (tertiary/aromatic N) is 1. The van der Waals surface area contributed by atoms with Crippen molar-refractivity contribution >= 4 is 16.7 Å². The molecule has 1 aromatic carbocycles. The van der Waals surface area contributed by atoms with Gasteiger partial charge in [-0.1, -0.05) is 18.2 Å². The number of carbonyl (C=O) groups excluding carboxylic acids is 1. The van der Waals surface area contributed by atoms with Gasteiger partial charge >= 0.3 is 0 Å². The smallest absolute Gasteiger partial charge is 0.129 e. The van der Waals surface area contributed by atoms with Crippen molar-refractivity contribution in [3.63, 3.8) is 0 Å². The van der Waals surface area contributed by atoms with E-state index in [0.29, 0.717) is 6.42 Å². The van der Waals surface area contributed by atoms with Crippen molar-refractivity contribution in [3.05, 3.63) is 36.0 Å². The van der Waals surface area contributed by atoms with Crippen LogP contribution in [0.4, 0.5) is 0 Å². The average molecular weight is 215 g/mol. The van der Waals surface area contributed by atoms with Crippen LogP contribution >= 0.6 is 0 Å². The minimum Gasteiger partial charge on any atom is -0.347 e. The Kier molecular flexibility index (Phi) is 3.09. The molecule has 0 aliphatic carbocycles. The summed E-state index contributed by atoms with van der Waals surface area (Å²) in [5, 5.41) is 1.31. The number of Topliss-reactive ketones (excluding diaryl/α,β-unsaturated/α-hetero) is 1. The summed E-state index contributed by atoms with van der Waals surface area (Å²) < 4.78 is 2.24. The first-order valence-corrected chi connectivity index (χ1v) is 5.72. The summed E-state index contributed by atoms with van der Waals surface area (Å²) in [6, 6.07) is 8.40. The number of hydrogen-bond donors (Lipinski definition) is 0. The lowest BCUT2D eigenvalue weighted by Gasteiger charge is -2.03. The van der Waals surface area contributed by atoms with Crippen LogP contribution in [0, 0.1) is 6.92 Å². The summed E-state index contributed by atoms with van der Waals surface area (Å²) in [7, 11) is 0. The van der Waals surface area contributed by atoms with Crippen LogP contribution in [-0.4, -0.2) is 10.4 Å². The van der Waals surface area contributed by atoms with Crippen LogP contribution in [0.1, 0.15) is 25.3 Å². The minimum atomic E-state index is 0.271. The zero-order valence-electron chi connectivity index (χ0n) is 9.86. The van der Waals surface area contributed by atoms with Gasteiger partial charge in [0.15, 0.2) is 0 Å². The van der Waals surface area contributed by atoms with Gasteiger partial charge in [-0.2, -0.15) is 0 Å². The Morgan fingerprint density at radius 1 is 1.31 bits per heavy atom. The molecule has 0 atom stereocenters. The fraction of sp³-hybridized carbons (Fsp3) is 0.357. The summed E-state index contributed by atoms with van der Waals surface area (Å²) >= 11 is 0. The quantitative estimate of drug-likeness (QED) is 0.766. The van der Waals surface area contributed by atoms with Crippen LogP contribution in [0.25, 0.3) is 10.9 Å². The van der Waals surface area contributed by atoms with Gasteiger partial charge in [-0.05, 0) is 31.9 Å². The fourth-order valence-corrected chi connectivity index (χ4v) is 2.11. The van der Waals surface area contributed by atoms with Crippen molar-refractivity contribution < 1.29 is 4.79 Å². The van der Waals surface area contributed by atoms with E-state index < -0.39 is 0 Å². The molecule has 0 unspecified atom stereocenters. The number of hydrogen-bond acceptors (Lipinski definition) is 1. The maximum absolute atomic E-state index is 10.9. The molecule has 1 aromatic heterocycles. The van der Waals surface area contributed by atoms with Gasteiger partial charge in [0.2, 0.25) is 0 Å². The molecule has 16 heavy (non-hydrogen) atoms. The average Bonchev–Trinajstić information content (AvgIpc) is 2.57. The SMILES string of the molecule is CC(=O)CCCn1cc(C)c2ccccc21. The van der Waals surface area contributed by atoms with Crippen LogP contribution in [0.3, 0.4) is 0 Å². The van der Waals surface area contributed by atoms with Crippen molar-refractivity contribution in [2.75, 3.05) is 0 Å². The lowest BCUT2D eigenvalue weighted by atomic mass is 10.2. The van der Waals surface area contributed by atoms with Crippen molar-refractivity contribution in [1.29, 1.82) is 0 Å². The number of ketones is 1. The predicted octanol–water partition coefficient (Wildman–Crippen LogP) is 3.32. The Balaban J connectivity index is 2.21. The molecule has 0 aliphatic rings. The lowest BCUT2D eigenvalue weighted by Crippen LogP contribution is -1.98. The highest BCUT2D eigenvalue weighted by Crippen LogP contribution is 2.20. The highest BCUT2D eigenvalue weighted by Gasteiger charge is 2.04. The lowest BCUT2D eigenvalue weighted by molar-refractivity contribution is -0.117. The van der Waals surface area contributed by atoms with E-state index in [9.17, 15) is 4.79 Å². The molecule has 0 saturated carbocycles. The second kappa shape index (κ2) is 4.52. The molecule has 2 aromatic rings. The van der Waals surface area contributed by atoms with E-state index in [2.05, 4.69) is 42.0 Å². The van der Waals surface area contributed by atoms with Gasteiger partial charge < -0.3 is 9.36 Å². The topological polar surface area (TPSA) is 22.0 Å². The van der Waals surface area contributed by atoms with Crippen LogP contribution < -0.4 is 0 Å². The van der Waals surface area contributed by atoms with E-state index >= 15 is 0 Å². The third kappa shape index (κ3) is 2.16. The van der Waals surface area contributed by atoms with E-state index in [-0.39, 0.29) is 5.78 Å². The van der Waals surface area contributed by atoms with Crippen molar-refractivity contribution in [1.82, 2.24) is 4.57 Å². The summed E-state index contributed by atoms with van der Waals surface area (Å²) in [6.07, 6.45) is 3.77. The van der Waals surface area contributed by atoms with E-state index in [1.54, 1.807) is 6.92 Å². The third-order valence-electron chi connectivity index (χ3n) is 2.92. The number of aryl methyl sites for hydroxylation is 2. The molecule has 2 nitrogen and oxygen atoms in total. The van der Waals surface area contributed by atoms with Crippen LogP contribution in [-0.2, 0) is 11.3 Å². The molecule has 0 saturated heterocycles. The maximum Gasteiger partial charge on any atom is 0.129 e. The Bertz CT molecular complexity index is 510. The second-order valence-corrected chi connectivity index (χ2v) is 4.33. The molecule has 0 N–H and O–H groups in total. The highest BCUT2D eigenvalue weighted by molar-refractivity contribution is 5.83. The first-order chi connectivity index (χ1) is 7.68. The molecule has 0 radical (unpaired) electrons. The number of carbonyl (C=O) groups is 1. The molecule has 84 valence electrons. The van der Waals surface area contributed by atoms with Crippen molar-refractivity contribution in [2.24, 2.45) is 0 Å². The first-order valence-electron chi connectivity index (χ1n) is 5.72. The summed E-state index contributed by atoms with van der Waals surface area (Å²) in [6.45, 7) is 4.71. The Labute approximate surface area is 95.9 Å². The van der Waals surface area contributed by atoms with E-state index in [1.165, 1.54) is 16.5 Å². The molecule has 0 spiro atoms. The normalized spacial score (nSPS) is 10.9. The zero-order chi connectivity index (χ0) is 11.5. The first kappa shape index (κ1) is 10.9. The van der Waals surface area contributed by atoms with E-state index in [4.69, 9.17) is 0 Å². The number of aromatic nitrogens is 1. The summed E-state index contributed by atoms with van der Waals surface area (Å²) in [5.74, 6) is 0.271. The Morgan fingerprint density at radius 2 is 2.06 bits per heavy atom. The van der Waals surface area contributed by atoms with E-state index in [1.807, 2.05) is 0 Å². The van der Waals surface area contributed by atoms with Crippen LogP contribution in [0.15, 0.2) is 30.5 Å². The standard InChI is InChI=1S/C14H17NO/c1-11-10-15(9-5-6-12(2)16)14-8-4-3-7-13(11)14/h3-4,7-8,10H,5-6,9H2,1-2H3. The molecular formula is C14H17NO. The predicted molar refractivity (Wildman–Crippen MR) is 66.6 cm³/mol. The van der Waals surface area contributed by atoms with Gasteiger partial charge in [0.1, 0.15) is 5.78 Å². The largest absolute Gasteiger partial charge is 0.347 e. The van der Waals surface area contributed by atoms with Gasteiger partial charge in [0.25, 0.3) is 0 Å². The van der Waals surface area contributed by atoms with Gasteiger partial charge in [-0.3, -0.25) is 0 Å². The van der Waals surface area contributed by atoms with Crippen molar-refractivity contribution in [2.45, 2.75) is 33.2 Å². The number of para-hydroxylation sites is 1. The van der Waals surface area contributed by atoms with Crippen molar-refractivity contribution in [3.8, 4) is 0 Å². The van der Waals surface area contributed by atoms with Gasteiger partial charge in [-0.25, -0.2) is 0 Å². The Hall–Kier alpha value is -1.57.